The van der Waals surface area contributed by atoms with Gasteiger partial charge >= 0.3 is 12.0 Å². The van der Waals surface area contributed by atoms with Crippen LogP contribution in [0.1, 0.15) is 33.0 Å². The van der Waals surface area contributed by atoms with E-state index in [4.69, 9.17) is 4.74 Å². The van der Waals surface area contributed by atoms with Gasteiger partial charge in [-0.2, -0.15) is 0 Å². The van der Waals surface area contributed by atoms with E-state index in [9.17, 15) is 9.59 Å². The topological polar surface area (TPSA) is 80.8 Å². The van der Waals surface area contributed by atoms with Crippen LogP contribution < -0.4 is 5.32 Å². The standard InChI is InChI=1S/C19H25N3O4S/c1-13-7-5-8-15(14(13)2)21-19(24)22(9-6-10-25-3)11-17-20-16(12-27-17)18(23)26-4/h5,7-8,12H,6,9-11H2,1-4H3,(H,21,24). The van der Waals surface area contributed by atoms with Crippen LogP contribution in [0.15, 0.2) is 23.6 Å². The largest absolute Gasteiger partial charge is 0.464 e. The summed E-state index contributed by atoms with van der Waals surface area (Å²) in [7, 11) is 2.94. The summed E-state index contributed by atoms with van der Waals surface area (Å²) in [6, 6.07) is 5.59. The van der Waals surface area contributed by atoms with E-state index in [1.165, 1.54) is 18.4 Å². The normalized spacial score (nSPS) is 10.5. The van der Waals surface area contributed by atoms with Crippen molar-refractivity contribution < 1.29 is 19.1 Å². The van der Waals surface area contributed by atoms with Crippen LogP contribution in [0, 0.1) is 13.8 Å². The number of nitrogens with zero attached hydrogens (tertiary/aromatic N) is 2. The van der Waals surface area contributed by atoms with Crippen LogP contribution in [-0.4, -0.2) is 49.3 Å². The van der Waals surface area contributed by atoms with Crippen molar-refractivity contribution in [3.05, 3.63) is 45.4 Å². The Balaban J connectivity index is 2.12. The minimum Gasteiger partial charge on any atom is -0.464 e. The zero-order valence-corrected chi connectivity index (χ0v) is 16.9. The van der Waals surface area contributed by atoms with Crippen LogP contribution in [0.4, 0.5) is 10.5 Å². The fraction of sp³-hybridized carbons (Fsp3) is 0.421. The van der Waals surface area contributed by atoms with Gasteiger partial charge in [-0.25, -0.2) is 14.6 Å². The van der Waals surface area contributed by atoms with E-state index < -0.39 is 5.97 Å². The lowest BCUT2D eigenvalue weighted by Gasteiger charge is -2.23. The molecule has 0 saturated heterocycles. The van der Waals surface area contributed by atoms with Crippen molar-refractivity contribution in [3.8, 4) is 0 Å². The quantitative estimate of drug-likeness (QED) is 0.549. The van der Waals surface area contributed by atoms with Gasteiger partial charge in [0.15, 0.2) is 5.69 Å². The summed E-state index contributed by atoms with van der Waals surface area (Å²) in [4.78, 5) is 30.3. The van der Waals surface area contributed by atoms with E-state index in [1.807, 2.05) is 32.0 Å². The molecule has 8 heteroatoms. The molecule has 0 unspecified atom stereocenters. The van der Waals surface area contributed by atoms with Gasteiger partial charge in [-0.3, -0.25) is 0 Å². The van der Waals surface area contributed by atoms with E-state index in [-0.39, 0.29) is 11.7 Å². The monoisotopic (exact) mass is 391 g/mol. The molecule has 0 aliphatic carbocycles. The number of rotatable bonds is 8. The van der Waals surface area contributed by atoms with Crippen LogP contribution in [-0.2, 0) is 16.0 Å². The summed E-state index contributed by atoms with van der Waals surface area (Å²) >= 11 is 1.33. The molecule has 0 aliphatic heterocycles. The van der Waals surface area contributed by atoms with E-state index in [1.54, 1.807) is 17.4 Å². The summed E-state index contributed by atoms with van der Waals surface area (Å²) in [5.74, 6) is -0.483. The Kier molecular flexibility index (Phi) is 7.75. The van der Waals surface area contributed by atoms with E-state index >= 15 is 0 Å². The number of esters is 1. The van der Waals surface area contributed by atoms with Crippen molar-refractivity contribution in [1.82, 2.24) is 9.88 Å². The number of amides is 2. The molecule has 27 heavy (non-hydrogen) atoms. The molecule has 0 saturated carbocycles. The minimum absolute atomic E-state index is 0.213. The summed E-state index contributed by atoms with van der Waals surface area (Å²) < 4.78 is 9.77. The SMILES string of the molecule is COCCCN(Cc1nc(C(=O)OC)cs1)C(=O)Nc1cccc(C)c1C. The van der Waals surface area contributed by atoms with Gasteiger partial charge in [0, 0.05) is 31.3 Å². The predicted molar refractivity (Wildman–Crippen MR) is 105 cm³/mol. The number of methoxy groups -OCH3 is 2. The number of ether oxygens (including phenoxy) is 2. The summed E-state index contributed by atoms with van der Waals surface area (Å²) in [5, 5.41) is 5.28. The first kappa shape index (κ1) is 20.9. The highest BCUT2D eigenvalue weighted by molar-refractivity contribution is 7.09. The number of aromatic nitrogens is 1. The molecule has 0 bridgehead atoms. The first-order valence-electron chi connectivity index (χ1n) is 8.60. The van der Waals surface area contributed by atoms with Crippen molar-refractivity contribution in [1.29, 1.82) is 0 Å². The maximum absolute atomic E-state index is 12.8. The van der Waals surface area contributed by atoms with Gasteiger partial charge in [0.25, 0.3) is 0 Å². The Morgan fingerprint density at radius 1 is 1.26 bits per heavy atom. The maximum Gasteiger partial charge on any atom is 0.357 e. The number of thiazole rings is 1. The van der Waals surface area contributed by atoms with Crippen molar-refractivity contribution in [2.75, 3.05) is 32.7 Å². The number of hydrogen-bond donors (Lipinski definition) is 1. The van der Waals surface area contributed by atoms with Gasteiger partial charge in [-0.05, 0) is 37.5 Å². The molecular formula is C19H25N3O4S. The number of nitrogens with one attached hydrogen (secondary N) is 1. The van der Waals surface area contributed by atoms with Crippen LogP contribution >= 0.6 is 11.3 Å². The number of urea groups is 1. The van der Waals surface area contributed by atoms with Gasteiger partial charge in [-0.15, -0.1) is 11.3 Å². The minimum atomic E-state index is -0.483. The van der Waals surface area contributed by atoms with Gasteiger partial charge < -0.3 is 19.7 Å². The number of carbonyl (C=O) groups is 2. The highest BCUT2D eigenvalue weighted by Crippen LogP contribution is 2.20. The average molecular weight is 391 g/mol. The highest BCUT2D eigenvalue weighted by Gasteiger charge is 2.18. The Labute approximate surface area is 163 Å². The molecule has 1 aromatic carbocycles. The van der Waals surface area contributed by atoms with Gasteiger partial charge in [0.1, 0.15) is 5.01 Å². The molecule has 146 valence electrons. The van der Waals surface area contributed by atoms with E-state index in [0.29, 0.717) is 31.1 Å². The molecular weight excluding hydrogens is 366 g/mol. The zero-order chi connectivity index (χ0) is 19.8. The second-order valence-corrected chi connectivity index (χ2v) is 7.01. The third-order valence-corrected chi connectivity index (χ3v) is 5.02. The molecule has 1 N–H and O–H groups in total. The summed E-state index contributed by atoms with van der Waals surface area (Å²) in [6.45, 7) is 5.35. The van der Waals surface area contributed by atoms with Crippen LogP contribution in [0.25, 0.3) is 0 Å². The molecule has 2 rings (SSSR count). The van der Waals surface area contributed by atoms with E-state index in [2.05, 4.69) is 15.0 Å². The fourth-order valence-corrected chi connectivity index (χ4v) is 3.26. The maximum atomic E-state index is 12.8. The van der Waals surface area contributed by atoms with Crippen molar-refractivity contribution in [2.24, 2.45) is 0 Å². The first-order valence-corrected chi connectivity index (χ1v) is 9.48. The molecule has 0 radical (unpaired) electrons. The zero-order valence-electron chi connectivity index (χ0n) is 16.1. The number of aryl methyl sites for hydroxylation is 1. The van der Waals surface area contributed by atoms with Crippen molar-refractivity contribution in [3.63, 3.8) is 0 Å². The summed E-state index contributed by atoms with van der Waals surface area (Å²) in [6.07, 6.45) is 0.700. The van der Waals surface area contributed by atoms with Gasteiger partial charge in [0.05, 0.1) is 13.7 Å². The Morgan fingerprint density at radius 3 is 2.74 bits per heavy atom. The lowest BCUT2D eigenvalue weighted by molar-refractivity contribution is 0.0594. The smallest absolute Gasteiger partial charge is 0.357 e. The number of carbonyl (C=O) groups excluding carboxylic acids is 2. The Bertz CT molecular complexity index is 791. The van der Waals surface area contributed by atoms with Crippen LogP contribution in [0.2, 0.25) is 0 Å². The fourth-order valence-electron chi connectivity index (χ4n) is 2.48. The molecule has 2 aromatic rings. The molecule has 0 aliphatic rings. The third kappa shape index (κ3) is 5.77. The Hall–Kier alpha value is -2.45. The molecule has 0 spiro atoms. The highest BCUT2D eigenvalue weighted by atomic mass is 32.1. The van der Waals surface area contributed by atoms with Crippen molar-refractivity contribution >= 4 is 29.0 Å². The van der Waals surface area contributed by atoms with Gasteiger partial charge in [-0.1, -0.05) is 12.1 Å². The average Bonchev–Trinajstić information content (AvgIpc) is 3.12. The van der Waals surface area contributed by atoms with Crippen LogP contribution in [0.5, 0.6) is 0 Å². The summed E-state index contributed by atoms with van der Waals surface area (Å²) in [5.41, 5.74) is 3.18. The molecule has 2 amide bonds. The molecule has 0 atom stereocenters. The van der Waals surface area contributed by atoms with E-state index in [0.717, 1.165) is 16.8 Å². The second kappa shape index (κ2) is 10.0. The first-order chi connectivity index (χ1) is 13.0. The van der Waals surface area contributed by atoms with Crippen LogP contribution in [0.3, 0.4) is 0 Å². The third-order valence-electron chi connectivity index (χ3n) is 4.18. The van der Waals surface area contributed by atoms with Gasteiger partial charge in [0.2, 0.25) is 0 Å². The number of hydrogen-bond acceptors (Lipinski definition) is 6. The molecule has 1 heterocycles. The second-order valence-electron chi connectivity index (χ2n) is 6.06. The number of anilines is 1. The molecule has 1 aromatic heterocycles. The number of benzene rings is 1. The molecule has 0 fully saturated rings. The van der Waals surface area contributed by atoms with Crippen molar-refractivity contribution in [2.45, 2.75) is 26.8 Å². The Morgan fingerprint density at radius 2 is 2.04 bits per heavy atom. The lowest BCUT2D eigenvalue weighted by Crippen LogP contribution is -2.36. The molecule has 7 nitrogen and oxygen atoms in total. The predicted octanol–water partition coefficient (Wildman–Crippen LogP) is 3.62. The lowest BCUT2D eigenvalue weighted by atomic mass is 10.1.